The SMILES string of the molecule is COC(=O)c1cc2c(Nc3cc(C)[nH]n3)nc(C(F)(F)c3ccc(F)cc3)nn2c1. The Morgan fingerprint density at radius 2 is 1.97 bits per heavy atom. The van der Waals surface area contributed by atoms with Crippen molar-refractivity contribution in [3.8, 4) is 0 Å². The van der Waals surface area contributed by atoms with Gasteiger partial charge in [0.05, 0.1) is 12.7 Å². The molecule has 0 saturated carbocycles. The molecule has 0 aliphatic heterocycles. The highest BCUT2D eigenvalue weighted by Crippen LogP contribution is 2.35. The number of esters is 1. The van der Waals surface area contributed by atoms with Crippen LogP contribution in [0, 0.1) is 12.7 Å². The van der Waals surface area contributed by atoms with Crippen LogP contribution in [-0.4, -0.2) is 37.9 Å². The number of hydrogen-bond donors (Lipinski definition) is 2. The smallest absolute Gasteiger partial charge is 0.339 e. The summed E-state index contributed by atoms with van der Waals surface area (Å²) in [5.74, 6) is -5.43. The molecule has 11 heteroatoms. The fourth-order valence-corrected chi connectivity index (χ4v) is 2.85. The maximum atomic E-state index is 15.1. The van der Waals surface area contributed by atoms with Crippen LogP contribution in [0.25, 0.3) is 5.52 Å². The molecule has 8 nitrogen and oxygen atoms in total. The molecule has 4 aromatic rings. The van der Waals surface area contributed by atoms with Crippen LogP contribution in [0.4, 0.5) is 24.8 Å². The van der Waals surface area contributed by atoms with Crippen LogP contribution in [0.15, 0.2) is 42.6 Å². The molecule has 0 unspecified atom stereocenters. The van der Waals surface area contributed by atoms with Crippen molar-refractivity contribution in [3.05, 3.63) is 71.1 Å². The molecule has 3 heterocycles. The highest BCUT2D eigenvalue weighted by atomic mass is 19.3. The number of hydrogen-bond acceptors (Lipinski definition) is 6. The van der Waals surface area contributed by atoms with Gasteiger partial charge >= 0.3 is 11.9 Å². The number of nitrogens with zero attached hydrogens (tertiary/aromatic N) is 4. The minimum absolute atomic E-state index is 0.00318. The predicted octanol–water partition coefficient (Wildman–Crippen LogP) is 3.57. The number of H-pyrrole nitrogens is 1. The number of fused-ring (bicyclic) bond motifs is 1. The Hall–Kier alpha value is -3.89. The minimum Gasteiger partial charge on any atom is -0.465 e. The van der Waals surface area contributed by atoms with Crippen LogP contribution < -0.4 is 5.32 Å². The van der Waals surface area contributed by atoms with Gasteiger partial charge < -0.3 is 10.1 Å². The van der Waals surface area contributed by atoms with Gasteiger partial charge in [-0.05, 0) is 37.3 Å². The second-order valence-electron chi connectivity index (χ2n) is 6.48. The van der Waals surface area contributed by atoms with Crippen molar-refractivity contribution in [2.45, 2.75) is 12.8 Å². The lowest BCUT2D eigenvalue weighted by Gasteiger charge is -2.16. The van der Waals surface area contributed by atoms with Crippen LogP contribution in [-0.2, 0) is 10.7 Å². The topological polar surface area (TPSA) is 97.2 Å². The molecular weight excluding hydrogens is 401 g/mol. The van der Waals surface area contributed by atoms with E-state index in [2.05, 4.69) is 30.3 Å². The number of methoxy groups -OCH3 is 1. The van der Waals surface area contributed by atoms with Crippen molar-refractivity contribution in [1.82, 2.24) is 24.8 Å². The summed E-state index contributed by atoms with van der Waals surface area (Å²) in [7, 11) is 1.20. The Bertz CT molecular complexity index is 1230. The fraction of sp³-hybridized carbons (Fsp3) is 0.158. The predicted molar refractivity (Wildman–Crippen MR) is 100 cm³/mol. The summed E-state index contributed by atoms with van der Waals surface area (Å²) in [4.78, 5) is 15.9. The van der Waals surface area contributed by atoms with Gasteiger partial charge in [-0.1, -0.05) is 0 Å². The van der Waals surface area contributed by atoms with Crippen LogP contribution in [0.3, 0.4) is 0 Å². The number of aryl methyl sites for hydroxylation is 1. The van der Waals surface area contributed by atoms with E-state index in [9.17, 15) is 9.18 Å². The molecule has 0 bridgehead atoms. The highest BCUT2D eigenvalue weighted by molar-refractivity contribution is 5.92. The molecule has 0 spiro atoms. The van der Waals surface area contributed by atoms with Crippen molar-refractivity contribution >= 4 is 23.1 Å². The van der Waals surface area contributed by atoms with E-state index in [4.69, 9.17) is 0 Å². The van der Waals surface area contributed by atoms with E-state index in [0.29, 0.717) is 5.82 Å². The fourth-order valence-electron chi connectivity index (χ4n) is 2.85. The Kier molecular flexibility index (Phi) is 4.65. The molecule has 0 atom stereocenters. The summed E-state index contributed by atoms with van der Waals surface area (Å²) >= 11 is 0. The van der Waals surface area contributed by atoms with Gasteiger partial charge in [0.15, 0.2) is 11.6 Å². The van der Waals surface area contributed by atoms with Gasteiger partial charge in [0, 0.05) is 23.5 Å². The summed E-state index contributed by atoms with van der Waals surface area (Å²) in [6, 6.07) is 6.84. The molecule has 0 amide bonds. The standard InChI is InChI=1S/C19H15F3N6O2/c1-10-7-15(26-25-10)23-16-14-8-11(17(29)30-2)9-28(14)27-18(24-16)19(21,22)12-3-5-13(20)6-4-12/h3-9H,1-2H3,(H2,23,24,25,26,27). The van der Waals surface area contributed by atoms with Gasteiger partial charge in [-0.15, -0.1) is 5.10 Å². The number of carbonyl (C=O) groups excluding carboxylic acids is 1. The lowest BCUT2D eigenvalue weighted by atomic mass is 10.1. The van der Waals surface area contributed by atoms with E-state index in [1.54, 1.807) is 13.0 Å². The van der Waals surface area contributed by atoms with Crippen molar-refractivity contribution in [1.29, 1.82) is 0 Å². The summed E-state index contributed by atoms with van der Waals surface area (Å²) in [6.45, 7) is 1.77. The first-order valence-electron chi connectivity index (χ1n) is 8.70. The number of halogens is 3. The molecule has 30 heavy (non-hydrogen) atoms. The lowest BCUT2D eigenvalue weighted by Crippen LogP contribution is -2.21. The second kappa shape index (κ2) is 7.17. The van der Waals surface area contributed by atoms with E-state index >= 15 is 8.78 Å². The first-order valence-corrected chi connectivity index (χ1v) is 8.70. The van der Waals surface area contributed by atoms with E-state index in [1.165, 1.54) is 19.4 Å². The molecule has 0 fully saturated rings. The first kappa shape index (κ1) is 19.4. The number of alkyl halides is 2. The van der Waals surface area contributed by atoms with Crippen LogP contribution in [0.2, 0.25) is 0 Å². The maximum absolute atomic E-state index is 15.1. The molecule has 0 radical (unpaired) electrons. The molecule has 1 aromatic carbocycles. The van der Waals surface area contributed by atoms with Gasteiger partial charge in [-0.2, -0.15) is 13.9 Å². The van der Waals surface area contributed by atoms with Gasteiger partial charge in [0.1, 0.15) is 11.3 Å². The number of ether oxygens (including phenoxy) is 1. The number of carbonyl (C=O) groups is 1. The van der Waals surface area contributed by atoms with E-state index < -0.39 is 29.1 Å². The van der Waals surface area contributed by atoms with E-state index in [-0.39, 0.29) is 16.9 Å². The molecule has 0 saturated heterocycles. The molecule has 4 rings (SSSR count). The number of anilines is 2. The number of nitrogens with one attached hydrogen (secondary N) is 2. The number of aromatic nitrogens is 5. The molecular formula is C19H15F3N6O2. The minimum atomic E-state index is -3.63. The molecule has 154 valence electrons. The van der Waals surface area contributed by atoms with Crippen LogP contribution >= 0.6 is 0 Å². The van der Waals surface area contributed by atoms with E-state index in [0.717, 1.165) is 34.5 Å². The Morgan fingerprint density at radius 3 is 2.60 bits per heavy atom. The van der Waals surface area contributed by atoms with Gasteiger partial charge in [-0.25, -0.2) is 18.7 Å². The average Bonchev–Trinajstić information content (AvgIpc) is 3.33. The molecule has 0 aliphatic rings. The number of benzene rings is 1. The van der Waals surface area contributed by atoms with Crippen molar-refractivity contribution < 1.29 is 22.7 Å². The summed E-state index contributed by atoms with van der Waals surface area (Å²) < 4.78 is 49.2. The third-order valence-corrected chi connectivity index (χ3v) is 4.32. The zero-order valence-corrected chi connectivity index (χ0v) is 15.8. The third-order valence-electron chi connectivity index (χ3n) is 4.32. The summed E-state index contributed by atoms with van der Waals surface area (Å²) in [5.41, 5.74) is 0.625. The third kappa shape index (κ3) is 3.45. The Morgan fingerprint density at radius 1 is 1.23 bits per heavy atom. The van der Waals surface area contributed by atoms with Crippen molar-refractivity contribution in [3.63, 3.8) is 0 Å². The molecule has 2 N–H and O–H groups in total. The average molecular weight is 416 g/mol. The summed E-state index contributed by atoms with van der Waals surface area (Å²) in [6.07, 6.45) is 1.26. The maximum Gasteiger partial charge on any atom is 0.339 e. The molecule has 0 aliphatic carbocycles. The normalized spacial score (nSPS) is 11.6. The Labute approximate surface area is 167 Å². The quantitative estimate of drug-likeness (QED) is 0.483. The number of rotatable bonds is 5. The van der Waals surface area contributed by atoms with Gasteiger partial charge in [0.25, 0.3) is 0 Å². The summed E-state index contributed by atoms with van der Waals surface area (Å²) in [5, 5.41) is 13.5. The molecule has 3 aromatic heterocycles. The van der Waals surface area contributed by atoms with Crippen molar-refractivity contribution in [2.24, 2.45) is 0 Å². The van der Waals surface area contributed by atoms with E-state index in [1.807, 2.05) is 0 Å². The highest BCUT2D eigenvalue weighted by Gasteiger charge is 2.39. The second-order valence-corrected chi connectivity index (χ2v) is 6.48. The Balaban J connectivity index is 1.87. The van der Waals surface area contributed by atoms with Crippen molar-refractivity contribution in [2.75, 3.05) is 12.4 Å². The lowest BCUT2D eigenvalue weighted by molar-refractivity contribution is 0.0315. The van der Waals surface area contributed by atoms with Gasteiger partial charge in [0.2, 0.25) is 5.82 Å². The zero-order valence-electron chi connectivity index (χ0n) is 15.8. The monoisotopic (exact) mass is 416 g/mol. The first-order chi connectivity index (χ1) is 14.3. The zero-order chi connectivity index (χ0) is 21.5. The van der Waals surface area contributed by atoms with Crippen LogP contribution in [0.1, 0.15) is 27.4 Å². The largest absolute Gasteiger partial charge is 0.465 e. The van der Waals surface area contributed by atoms with Crippen LogP contribution in [0.5, 0.6) is 0 Å². The number of aromatic amines is 1. The van der Waals surface area contributed by atoms with Gasteiger partial charge in [-0.3, -0.25) is 5.10 Å².